The topological polar surface area (TPSA) is 313 Å². The average Bonchev–Trinajstić information content (AvgIpc) is 4.03. The van der Waals surface area contributed by atoms with Crippen LogP contribution in [0.1, 0.15) is 83.1 Å². The lowest BCUT2D eigenvalue weighted by Gasteiger charge is -2.65. The molecule has 5 aromatic rings. The Morgan fingerprint density at radius 2 is 1.76 bits per heavy atom. The first kappa shape index (κ1) is 45.7. The molecule has 2 aliphatic carbocycles. The summed E-state index contributed by atoms with van der Waals surface area (Å²) in [4.78, 5) is 27.7. The highest BCUT2D eigenvalue weighted by atomic mass is 16.7. The van der Waals surface area contributed by atoms with Crippen LogP contribution in [0.15, 0.2) is 67.0 Å². The van der Waals surface area contributed by atoms with Crippen molar-refractivity contribution in [3.05, 3.63) is 101 Å². The van der Waals surface area contributed by atoms with E-state index in [1.165, 1.54) is 0 Å². The van der Waals surface area contributed by atoms with Gasteiger partial charge in [-0.2, -0.15) is 0 Å². The normalized spacial score (nSPS) is 32.8. The summed E-state index contributed by atoms with van der Waals surface area (Å²) in [5.41, 5.74) is 12.5. The Morgan fingerprint density at radius 1 is 0.958 bits per heavy atom. The van der Waals surface area contributed by atoms with Gasteiger partial charge < -0.3 is 89.9 Å². The fourth-order valence-electron chi connectivity index (χ4n) is 13.0. The Balaban J connectivity index is 1.09. The Bertz CT molecular complexity index is 3020. The molecule has 7 aliphatic rings. The molecule has 2 aromatic heterocycles. The fourth-order valence-corrected chi connectivity index (χ4v) is 13.0. The van der Waals surface area contributed by atoms with Crippen molar-refractivity contribution in [3.63, 3.8) is 0 Å². The Morgan fingerprint density at radius 3 is 2.52 bits per heavy atom. The van der Waals surface area contributed by atoms with Gasteiger partial charge in [-0.05, 0) is 54.4 Å². The molecular formula is C51H52N4O16. The van der Waals surface area contributed by atoms with Gasteiger partial charge >= 0.3 is 11.9 Å². The first-order valence-electron chi connectivity index (χ1n) is 23.7. The summed E-state index contributed by atoms with van der Waals surface area (Å²) in [6.07, 6.45) is -8.21. The van der Waals surface area contributed by atoms with Gasteiger partial charge in [0.1, 0.15) is 60.6 Å². The molecule has 14 atom stereocenters. The molecule has 12 rings (SSSR count). The number of benzene rings is 3. The van der Waals surface area contributed by atoms with Crippen LogP contribution in [0.5, 0.6) is 28.7 Å². The minimum absolute atomic E-state index is 0.107. The first-order chi connectivity index (χ1) is 34.2. The Kier molecular flexibility index (Phi) is 10.9. The zero-order valence-corrected chi connectivity index (χ0v) is 37.9. The monoisotopic (exact) mass is 976 g/mol. The SMILES string of the molecule is NC(N)[C@H](OC(=O)CC(=O)O)[C@H]1O[C@H]2Oc3cc4c(c(Cn5cc6cc[nH]c6c5CO)c3[C@H]3CC[C@@H]5C[C@H]3[C@@]2(O)[C@@H](O)[C@@]51O)[C@@H]1Oc2c3ccc(OCO)c2OC[C@@H](O)C#C[C@@H](c2ccccc2)[C@H](O4)[C@@H]31. The zero-order valence-electron chi connectivity index (χ0n) is 37.9. The van der Waals surface area contributed by atoms with E-state index < -0.39 is 115 Å². The van der Waals surface area contributed by atoms with E-state index in [1.807, 2.05) is 53.2 Å². The van der Waals surface area contributed by atoms with Crippen molar-refractivity contribution in [2.45, 2.75) is 117 Å². The van der Waals surface area contributed by atoms with Gasteiger partial charge in [0, 0.05) is 53.0 Å². The smallest absolute Gasteiger partial charge is 0.317 e. The molecule has 71 heavy (non-hydrogen) atoms. The van der Waals surface area contributed by atoms with Crippen LogP contribution in [0, 0.1) is 23.7 Å². The standard InChI is InChI=1S/C51H52N4O16/c52-47(53)45(69-36(61)16-35(59)60)46-50(63)24-6-8-27-30(14-24)51(64,48(50)62)49(71-46)68-33-15-34-38(29(37(27)33)18-55-17-23-12-13-54-40(23)31(55)19-56)44-39-28-10-11-32(66-21-57)43(42(28)70-44)65-20-25(58)7-9-26(41(39)67-34)22-4-2-1-3-5-22/h1-5,10-13,15,17,24-27,30,39,41,44-49,54,56-58,62-64H,6,8,14,16,18-21,52-53H2,(H,59,60)/t24-,25+,26+,27+,30-,39-,41+,44+,45-,46-,48+,49-,50-,51-/m1/s1. The molecule has 3 aromatic carbocycles. The lowest BCUT2D eigenvalue weighted by atomic mass is 9.49. The summed E-state index contributed by atoms with van der Waals surface area (Å²) < 4.78 is 47.3. The van der Waals surface area contributed by atoms with Gasteiger partial charge in [0.2, 0.25) is 12.0 Å². The van der Waals surface area contributed by atoms with E-state index >= 15 is 0 Å². The van der Waals surface area contributed by atoms with Gasteiger partial charge in [-0.25, -0.2) is 0 Å². The quantitative estimate of drug-likeness (QED) is 0.0388. The van der Waals surface area contributed by atoms with Crippen molar-refractivity contribution in [1.29, 1.82) is 0 Å². The second kappa shape index (κ2) is 16.9. The van der Waals surface area contributed by atoms with Gasteiger partial charge in [0.15, 0.2) is 30.0 Å². The van der Waals surface area contributed by atoms with Crippen LogP contribution < -0.4 is 35.2 Å². The number of fused-ring (bicyclic) bond motifs is 8. The average molecular weight is 977 g/mol. The number of nitrogens with one attached hydrogen (secondary N) is 1. The van der Waals surface area contributed by atoms with Gasteiger partial charge in [-0.15, -0.1) is 0 Å². The minimum Gasteiger partial charge on any atom is -0.487 e. The van der Waals surface area contributed by atoms with Crippen LogP contribution in [-0.2, 0) is 32.2 Å². The number of hydrogen-bond donors (Lipinski definition) is 10. The van der Waals surface area contributed by atoms with Crippen LogP contribution in [0.3, 0.4) is 0 Å². The second-order valence-electron chi connectivity index (χ2n) is 19.6. The van der Waals surface area contributed by atoms with Crippen molar-refractivity contribution < 1.29 is 78.5 Å². The van der Waals surface area contributed by atoms with Crippen LogP contribution in [0.4, 0.5) is 0 Å². The molecular weight excluding hydrogens is 925 g/mol. The predicted octanol–water partition coefficient (Wildman–Crippen LogP) is 1.44. The van der Waals surface area contributed by atoms with E-state index in [2.05, 4.69) is 16.8 Å². The largest absolute Gasteiger partial charge is 0.487 e. The van der Waals surface area contributed by atoms with Crippen LogP contribution in [0.25, 0.3) is 10.9 Å². The number of esters is 1. The van der Waals surface area contributed by atoms with Crippen molar-refractivity contribution >= 4 is 22.8 Å². The van der Waals surface area contributed by atoms with E-state index in [0.717, 1.165) is 16.5 Å². The van der Waals surface area contributed by atoms with E-state index in [0.29, 0.717) is 45.9 Å². The number of aromatic amines is 1. The molecule has 0 unspecified atom stereocenters. The number of carboxylic acids is 1. The number of aliphatic carboxylic acids is 1. The number of carbonyl (C=O) groups excluding carboxylic acids is 1. The molecule has 372 valence electrons. The number of carboxylic acid groups (broad SMARTS) is 1. The third kappa shape index (κ3) is 6.79. The molecule has 8 bridgehead atoms. The molecule has 0 amide bonds. The fraction of sp³-hybridized carbons (Fsp3) is 0.451. The molecule has 1 saturated heterocycles. The number of H-pyrrole nitrogens is 1. The molecule has 0 spiro atoms. The number of aliphatic hydroxyl groups excluding tert-OH is 4. The Labute approximate surface area is 404 Å². The maximum atomic E-state index is 13.2. The molecule has 20 nitrogen and oxygen atoms in total. The zero-order chi connectivity index (χ0) is 49.2. The van der Waals surface area contributed by atoms with E-state index in [4.69, 9.17) is 44.6 Å². The third-order valence-corrected chi connectivity index (χ3v) is 16.0. The van der Waals surface area contributed by atoms with Crippen molar-refractivity contribution in [2.24, 2.45) is 23.3 Å². The number of carbonyl (C=O) groups is 2. The summed E-state index contributed by atoms with van der Waals surface area (Å²) in [6, 6.07) is 16.6. The highest BCUT2D eigenvalue weighted by molar-refractivity contribution is 5.90. The van der Waals surface area contributed by atoms with Gasteiger partial charge in [-0.1, -0.05) is 48.2 Å². The molecule has 20 heteroatoms. The second-order valence-corrected chi connectivity index (χ2v) is 19.6. The van der Waals surface area contributed by atoms with Gasteiger partial charge in [0.05, 0.1) is 35.8 Å². The molecule has 0 radical (unpaired) electrons. The van der Waals surface area contributed by atoms with Gasteiger partial charge in [0.25, 0.3) is 0 Å². The van der Waals surface area contributed by atoms with E-state index in [9.17, 15) is 45.3 Å². The van der Waals surface area contributed by atoms with Crippen LogP contribution >= 0.6 is 0 Å². The van der Waals surface area contributed by atoms with Crippen molar-refractivity contribution in [2.75, 3.05) is 13.4 Å². The van der Waals surface area contributed by atoms with Crippen LogP contribution in [0.2, 0.25) is 0 Å². The molecule has 3 fully saturated rings. The number of nitrogens with zero attached hydrogens (tertiary/aromatic N) is 1. The molecule has 5 aliphatic heterocycles. The number of rotatable bonds is 11. The Hall–Kier alpha value is -6.38. The maximum Gasteiger partial charge on any atom is 0.317 e. The third-order valence-electron chi connectivity index (χ3n) is 16.0. The summed E-state index contributed by atoms with van der Waals surface area (Å²) in [6.45, 7) is -1.16. The molecule has 7 heterocycles. The summed E-state index contributed by atoms with van der Waals surface area (Å²) in [5, 5.41) is 80.8. The van der Waals surface area contributed by atoms with Crippen molar-refractivity contribution in [1.82, 2.24) is 9.55 Å². The predicted molar refractivity (Wildman–Crippen MR) is 244 cm³/mol. The first-order valence-corrected chi connectivity index (χ1v) is 23.7. The maximum absolute atomic E-state index is 13.2. The number of aliphatic hydroxyl groups is 6. The highest BCUT2D eigenvalue weighted by Crippen LogP contribution is 2.67. The number of hydrogen-bond acceptors (Lipinski definition) is 17. The lowest BCUT2D eigenvalue weighted by Crippen LogP contribution is -2.83. The number of aromatic nitrogens is 2. The molecule has 2 saturated carbocycles. The summed E-state index contributed by atoms with van der Waals surface area (Å²) in [7, 11) is 0. The van der Waals surface area contributed by atoms with Crippen LogP contribution in [-0.4, -0.2) is 125 Å². The summed E-state index contributed by atoms with van der Waals surface area (Å²) in [5.74, 6) is 1.28. The highest BCUT2D eigenvalue weighted by Gasteiger charge is 2.76. The van der Waals surface area contributed by atoms with Crippen molar-refractivity contribution in [3.8, 4) is 40.6 Å². The lowest BCUT2D eigenvalue weighted by molar-refractivity contribution is -0.403. The number of ether oxygens (including phenoxy) is 7. The van der Waals surface area contributed by atoms with E-state index in [1.54, 1.807) is 18.3 Å². The van der Waals surface area contributed by atoms with Gasteiger partial charge in [-0.3, -0.25) is 9.59 Å². The molecule has 12 N–H and O–H groups in total. The van der Waals surface area contributed by atoms with E-state index in [-0.39, 0.29) is 49.8 Å². The minimum atomic E-state index is -2.31. The summed E-state index contributed by atoms with van der Waals surface area (Å²) >= 11 is 0. The number of nitrogens with two attached hydrogens (primary N) is 2.